The zero-order chi connectivity index (χ0) is 14.8. The lowest BCUT2D eigenvalue weighted by molar-refractivity contribution is 0.887. The smallest absolute Gasteiger partial charge is 0.262 e. The van der Waals surface area contributed by atoms with Gasteiger partial charge in [0.2, 0.25) is 0 Å². The molecule has 22 heavy (non-hydrogen) atoms. The molecule has 0 amide bonds. The highest BCUT2D eigenvalue weighted by atomic mass is 35.5. The highest BCUT2D eigenvalue weighted by molar-refractivity contribution is 8.13. The number of nitrogens with zero attached hydrogens (tertiary/aromatic N) is 3. The number of halogens is 1. The molecule has 1 aromatic carbocycles. The third kappa shape index (κ3) is 3.12. The van der Waals surface area contributed by atoms with Gasteiger partial charge >= 0.3 is 0 Å². The molecule has 3 aromatic rings. The summed E-state index contributed by atoms with van der Waals surface area (Å²) in [5.41, 5.74) is 6.37. The molecule has 2 aromatic heterocycles. The fourth-order valence-corrected chi connectivity index (χ4v) is 2.37. The third-order valence-electron chi connectivity index (χ3n) is 2.85. The van der Waals surface area contributed by atoms with Crippen LogP contribution in [0.3, 0.4) is 0 Å². The summed E-state index contributed by atoms with van der Waals surface area (Å²) in [5, 5.41) is 11.8. The number of para-hydroxylation sites is 1. The highest BCUT2D eigenvalue weighted by Gasteiger charge is 2.11. The van der Waals surface area contributed by atoms with E-state index in [4.69, 9.17) is 11.1 Å². The first-order valence-electron chi connectivity index (χ1n) is 6.14. The van der Waals surface area contributed by atoms with Crippen LogP contribution in [0.25, 0.3) is 16.7 Å². The number of hydrogen-bond donors (Lipinski definition) is 3. The van der Waals surface area contributed by atoms with Crippen LogP contribution in [0.5, 0.6) is 0 Å². The molecule has 2 heterocycles. The van der Waals surface area contributed by atoms with Gasteiger partial charge in [-0.1, -0.05) is 30.0 Å². The van der Waals surface area contributed by atoms with Gasteiger partial charge < -0.3 is 10.7 Å². The average molecular weight is 337 g/mol. The van der Waals surface area contributed by atoms with Crippen LogP contribution in [-0.2, 0) is 5.75 Å². The predicted octanol–water partition coefficient (Wildman–Crippen LogP) is 1.66. The maximum absolute atomic E-state index is 12.0. The predicted molar refractivity (Wildman–Crippen MR) is 89.9 cm³/mol. The fourth-order valence-electron chi connectivity index (χ4n) is 1.94. The standard InChI is InChI=1S/C13H12N6OS.ClH/c14-13(15)21-7-10-17-11-9(12(20)18-10)6-16-19(11)8-4-2-1-3-5-8;/h1-6H,7H2,(H3,14,15)(H,17,18,20);1H. The lowest BCUT2D eigenvalue weighted by Crippen LogP contribution is -2.13. The van der Waals surface area contributed by atoms with E-state index in [0.29, 0.717) is 22.6 Å². The molecular formula is C13H13ClN6OS. The van der Waals surface area contributed by atoms with E-state index in [0.717, 1.165) is 17.4 Å². The molecule has 0 aliphatic carbocycles. The minimum absolute atomic E-state index is 0. The van der Waals surface area contributed by atoms with Crippen molar-refractivity contribution in [3.05, 3.63) is 52.7 Å². The lowest BCUT2D eigenvalue weighted by atomic mass is 10.3. The van der Waals surface area contributed by atoms with Crippen molar-refractivity contribution >= 4 is 40.4 Å². The number of nitrogens with two attached hydrogens (primary N) is 1. The van der Waals surface area contributed by atoms with Gasteiger partial charge in [0.15, 0.2) is 10.8 Å². The Hall–Kier alpha value is -2.32. The molecule has 0 atom stereocenters. The first kappa shape index (κ1) is 16.1. The number of thioether (sulfide) groups is 1. The van der Waals surface area contributed by atoms with Crippen molar-refractivity contribution in [3.63, 3.8) is 0 Å². The monoisotopic (exact) mass is 336 g/mol. The minimum Gasteiger partial charge on any atom is -0.379 e. The van der Waals surface area contributed by atoms with Crippen molar-refractivity contribution in [2.24, 2.45) is 5.73 Å². The molecule has 0 fully saturated rings. The Morgan fingerprint density at radius 3 is 2.77 bits per heavy atom. The zero-order valence-corrected chi connectivity index (χ0v) is 12.9. The number of nitrogens with one attached hydrogen (secondary N) is 2. The summed E-state index contributed by atoms with van der Waals surface area (Å²) < 4.78 is 1.62. The number of aromatic amines is 1. The van der Waals surface area contributed by atoms with E-state index in [-0.39, 0.29) is 23.1 Å². The molecule has 3 rings (SSSR count). The number of fused-ring (bicyclic) bond motifs is 1. The molecule has 9 heteroatoms. The summed E-state index contributed by atoms with van der Waals surface area (Å²) in [4.78, 5) is 19.1. The zero-order valence-electron chi connectivity index (χ0n) is 11.3. The Kier molecular flexibility index (Phi) is 4.84. The van der Waals surface area contributed by atoms with Crippen molar-refractivity contribution in [2.45, 2.75) is 5.75 Å². The van der Waals surface area contributed by atoms with E-state index in [1.165, 1.54) is 6.20 Å². The second-order valence-corrected chi connectivity index (χ2v) is 5.31. The molecule has 7 nitrogen and oxygen atoms in total. The molecule has 0 aliphatic rings. The largest absolute Gasteiger partial charge is 0.379 e. The maximum atomic E-state index is 12.0. The van der Waals surface area contributed by atoms with E-state index in [1.807, 2.05) is 30.3 Å². The Bertz CT molecular complexity index is 860. The Labute approximate surface area is 135 Å². The normalized spacial score (nSPS) is 10.4. The number of hydrogen-bond acceptors (Lipinski definition) is 5. The van der Waals surface area contributed by atoms with E-state index >= 15 is 0 Å². The second kappa shape index (κ2) is 6.63. The number of rotatable bonds is 3. The molecule has 0 aliphatic heterocycles. The van der Waals surface area contributed by atoms with Crippen molar-refractivity contribution in [1.82, 2.24) is 19.7 Å². The van der Waals surface area contributed by atoms with Crippen LogP contribution in [0.2, 0.25) is 0 Å². The topological polar surface area (TPSA) is 113 Å². The summed E-state index contributed by atoms with van der Waals surface area (Å²) in [7, 11) is 0. The van der Waals surface area contributed by atoms with Crippen molar-refractivity contribution in [2.75, 3.05) is 0 Å². The summed E-state index contributed by atoms with van der Waals surface area (Å²) in [6.45, 7) is 0. The summed E-state index contributed by atoms with van der Waals surface area (Å²) in [5.74, 6) is 0.797. The minimum atomic E-state index is -0.249. The first-order chi connectivity index (χ1) is 10.1. The van der Waals surface area contributed by atoms with Gasteiger partial charge in [0, 0.05) is 0 Å². The van der Waals surface area contributed by atoms with Gasteiger partial charge in [0.05, 0.1) is 17.6 Å². The number of amidine groups is 1. The number of benzene rings is 1. The Morgan fingerprint density at radius 1 is 1.36 bits per heavy atom. The van der Waals surface area contributed by atoms with Gasteiger partial charge in [-0.3, -0.25) is 10.2 Å². The van der Waals surface area contributed by atoms with Crippen LogP contribution in [0.1, 0.15) is 5.82 Å². The molecule has 0 saturated heterocycles. The van der Waals surface area contributed by atoms with Crippen molar-refractivity contribution in [3.8, 4) is 5.69 Å². The number of aromatic nitrogens is 4. The van der Waals surface area contributed by atoms with Crippen LogP contribution < -0.4 is 11.3 Å². The Balaban J connectivity index is 0.00000176. The second-order valence-electron chi connectivity index (χ2n) is 4.29. The lowest BCUT2D eigenvalue weighted by Gasteiger charge is -2.04. The molecule has 0 radical (unpaired) electrons. The quantitative estimate of drug-likeness (QED) is 0.497. The van der Waals surface area contributed by atoms with Gasteiger partial charge in [-0.15, -0.1) is 12.4 Å². The highest BCUT2D eigenvalue weighted by Crippen LogP contribution is 2.15. The fraction of sp³-hybridized carbons (Fsp3) is 0.0769. The van der Waals surface area contributed by atoms with Gasteiger partial charge in [-0.2, -0.15) is 5.10 Å². The maximum Gasteiger partial charge on any atom is 0.262 e. The summed E-state index contributed by atoms with van der Waals surface area (Å²) in [6, 6.07) is 9.47. The SMILES string of the molecule is Cl.N=C(N)SCc1nc2c(cnn2-c2ccccc2)c(=O)[nH]1. The van der Waals surface area contributed by atoms with Crippen LogP contribution in [0.15, 0.2) is 41.3 Å². The van der Waals surface area contributed by atoms with E-state index in [1.54, 1.807) is 4.68 Å². The van der Waals surface area contributed by atoms with Gasteiger partial charge in [0.1, 0.15) is 11.2 Å². The van der Waals surface area contributed by atoms with Crippen LogP contribution in [0.4, 0.5) is 0 Å². The van der Waals surface area contributed by atoms with Crippen LogP contribution in [0, 0.1) is 5.41 Å². The van der Waals surface area contributed by atoms with Gasteiger partial charge in [0.25, 0.3) is 5.56 Å². The Morgan fingerprint density at radius 2 is 2.09 bits per heavy atom. The van der Waals surface area contributed by atoms with Crippen LogP contribution >= 0.6 is 24.2 Å². The molecule has 0 saturated carbocycles. The van der Waals surface area contributed by atoms with Crippen LogP contribution in [-0.4, -0.2) is 24.9 Å². The van der Waals surface area contributed by atoms with Crippen molar-refractivity contribution < 1.29 is 0 Å². The molecule has 0 unspecified atom stereocenters. The van der Waals surface area contributed by atoms with Gasteiger partial charge in [-0.05, 0) is 12.1 Å². The van der Waals surface area contributed by atoms with E-state index in [2.05, 4.69) is 15.1 Å². The van der Waals surface area contributed by atoms with Crippen molar-refractivity contribution in [1.29, 1.82) is 5.41 Å². The third-order valence-corrected chi connectivity index (χ3v) is 3.58. The van der Waals surface area contributed by atoms with E-state index < -0.39 is 0 Å². The number of H-pyrrole nitrogens is 1. The molecular weight excluding hydrogens is 324 g/mol. The summed E-state index contributed by atoms with van der Waals surface area (Å²) in [6.07, 6.45) is 1.50. The van der Waals surface area contributed by atoms with Gasteiger partial charge in [-0.25, -0.2) is 9.67 Å². The molecule has 4 N–H and O–H groups in total. The molecule has 0 spiro atoms. The summed E-state index contributed by atoms with van der Waals surface area (Å²) >= 11 is 1.10. The average Bonchev–Trinajstić information content (AvgIpc) is 2.90. The molecule has 114 valence electrons. The molecule has 0 bridgehead atoms. The van der Waals surface area contributed by atoms with E-state index in [9.17, 15) is 4.79 Å². The first-order valence-corrected chi connectivity index (χ1v) is 7.13.